The van der Waals surface area contributed by atoms with E-state index in [2.05, 4.69) is 43.2 Å². The molecule has 5 heteroatoms. The van der Waals surface area contributed by atoms with Gasteiger partial charge in [0.2, 0.25) is 5.91 Å². The molecular formula is C21H24Cl2N2O. The molecule has 3 nitrogen and oxygen atoms in total. The maximum atomic E-state index is 12.2. The van der Waals surface area contributed by atoms with Crippen LogP contribution in [0.4, 0.5) is 5.69 Å². The van der Waals surface area contributed by atoms with Crippen LogP contribution in [0.1, 0.15) is 30.5 Å². The molecule has 0 saturated carbocycles. The van der Waals surface area contributed by atoms with Crippen molar-refractivity contribution in [1.82, 2.24) is 4.90 Å². The third kappa shape index (κ3) is 4.67. The Morgan fingerprint density at radius 2 is 1.96 bits per heavy atom. The van der Waals surface area contributed by atoms with E-state index in [4.69, 9.17) is 11.6 Å². The molecule has 0 aromatic heterocycles. The summed E-state index contributed by atoms with van der Waals surface area (Å²) in [5.41, 5.74) is 4.39. The first-order valence-electron chi connectivity index (χ1n) is 8.41. The highest BCUT2D eigenvalue weighted by molar-refractivity contribution is 6.32. The molecule has 0 radical (unpaired) electrons. The molecule has 1 amide bonds. The van der Waals surface area contributed by atoms with E-state index in [0.717, 1.165) is 24.3 Å². The number of carbonyl (C=O) groups is 1. The van der Waals surface area contributed by atoms with Crippen molar-refractivity contribution in [2.75, 3.05) is 18.9 Å². The van der Waals surface area contributed by atoms with Crippen LogP contribution >= 0.6 is 24.0 Å². The average molecular weight is 391 g/mol. The Kier molecular flexibility index (Phi) is 6.51. The fourth-order valence-corrected chi connectivity index (χ4v) is 3.73. The van der Waals surface area contributed by atoms with Crippen molar-refractivity contribution >= 4 is 41.7 Å². The number of amides is 1. The van der Waals surface area contributed by atoms with E-state index < -0.39 is 0 Å². The smallest absolute Gasteiger partial charge is 0.248 e. The third-order valence-corrected chi connectivity index (χ3v) is 4.87. The van der Waals surface area contributed by atoms with Gasteiger partial charge in [0, 0.05) is 35.3 Å². The van der Waals surface area contributed by atoms with Crippen molar-refractivity contribution in [1.29, 1.82) is 0 Å². The van der Waals surface area contributed by atoms with Gasteiger partial charge in [-0.25, -0.2) is 0 Å². The summed E-state index contributed by atoms with van der Waals surface area (Å²) in [7, 11) is 2.13. The zero-order valence-corrected chi connectivity index (χ0v) is 16.8. The minimum Gasteiger partial charge on any atom is -0.323 e. The van der Waals surface area contributed by atoms with Gasteiger partial charge in [-0.2, -0.15) is 0 Å². The van der Waals surface area contributed by atoms with Gasteiger partial charge >= 0.3 is 0 Å². The number of hydrogen-bond donors (Lipinski definition) is 1. The largest absolute Gasteiger partial charge is 0.323 e. The van der Waals surface area contributed by atoms with Gasteiger partial charge in [-0.1, -0.05) is 49.7 Å². The lowest BCUT2D eigenvalue weighted by atomic mass is 9.78. The third-order valence-electron chi connectivity index (χ3n) is 4.53. The molecule has 0 bridgehead atoms. The van der Waals surface area contributed by atoms with Gasteiger partial charge in [0.25, 0.3) is 0 Å². The number of rotatable bonds is 3. The van der Waals surface area contributed by atoms with Crippen molar-refractivity contribution in [3.05, 3.63) is 70.3 Å². The summed E-state index contributed by atoms with van der Waals surface area (Å²) < 4.78 is 0. The average Bonchev–Trinajstić information content (AvgIpc) is 2.52. The van der Waals surface area contributed by atoms with Crippen molar-refractivity contribution in [3.63, 3.8) is 0 Å². The van der Waals surface area contributed by atoms with Gasteiger partial charge in [0.15, 0.2) is 0 Å². The number of benzene rings is 2. The monoisotopic (exact) mass is 390 g/mol. The second-order valence-electron chi connectivity index (χ2n) is 7.27. The summed E-state index contributed by atoms with van der Waals surface area (Å²) in [6.07, 6.45) is 3.24. The molecule has 26 heavy (non-hydrogen) atoms. The quantitative estimate of drug-likeness (QED) is 0.735. The molecule has 0 aliphatic carbocycles. The first-order chi connectivity index (χ1) is 11.8. The molecule has 3 rings (SSSR count). The van der Waals surface area contributed by atoms with Gasteiger partial charge in [-0.05, 0) is 48.0 Å². The second kappa shape index (κ2) is 8.26. The van der Waals surface area contributed by atoms with Crippen LogP contribution in [0, 0.1) is 0 Å². The second-order valence-corrected chi connectivity index (χ2v) is 7.68. The molecule has 0 fully saturated rings. The van der Waals surface area contributed by atoms with Gasteiger partial charge in [-0.3, -0.25) is 4.79 Å². The van der Waals surface area contributed by atoms with Crippen molar-refractivity contribution in [2.45, 2.75) is 25.8 Å². The van der Waals surface area contributed by atoms with Crippen LogP contribution < -0.4 is 5.32 Å². The number of hydrogen-bond acceptors (Lipinski definition) is 2. The van der Waals surface area contributed by atoms with Crippen LogP contribution in [0.2, 0.25) is 5.02 Å². The van der Waals surface area contributed by atoms with Gasteiger partial charge in [0.1, 0.15) is 0 Å². The SMILES string of the molecule is CN1Cc2cc(NC(=O)/C=C/c3ccccc3Cl)ccc2C(C)(C)C1.Cl. The predicted molar refractivity (Wildman–Crippen MR) is 112 cm³/mol. The first-order valence-corrected chi connectivity index (χ1v) is 8.78. The van der Waals surface area contributed by atoms with E-state index in [1.807, 2.05) is 24.3 Å². The molecule has 0 atom stereocenters. The molecule has 1 heterocycles. The Labute approximate surface area is 166 Å². The predicted octanol–water partition coefficient (Wildman–Crippen LogP) is 5.14. The van der Waals surface area contributed by atoms with E-state index in [0.29, 0.717) is 5.02 Å². The zero-order chi connectivity index (χ0) is 18.0. The minimum atomic E-state index is -0.164. The highest BCUT2D eigenvalue weighted by atomic mass is 35.5. The number of nitrogens with one attached hydrogen (secondary N) is 1. The van der Waals surface area contributed by atoms with Crippen LogP contribution in [0.3, 0.4) is 0 Å². The Bertz CT molecular complexity index is 831. The fraction of sp³-hybridized carbons (Fsp3) is 0.286. The lowest BCUT2D eigenvalue weighted by Gasteiger charge is -2.38. The Balaban J connectivity index is 0.00000243. The molecule has 138 valence electrons. The van der Waals surface area contributed by atoms with Gasteiger partial charge in [0.05, 0.1) is 0 Å². The molecule has 0 saturated heterocycles. The van der Waals surface area contributed by atoms with Crippen molar-refractivity contribution < 1.29 is 4.79 Å². The molecule has 0 spiro atoms. The first kappa shape index (κ1) is 20.5. The zero-order valence-electron chi connectivity index (χ0n) is 15.3. The molecule has 1 aliphatic rings. The normalized spacial score (nSPS) is 16.0. The molecule has 2 aromatic rings. The summed E-state index contributed by atoms with van der Waals surface area (Å²) in [6.45, 7) is 6.45. The number of halogens is 2. The van der Waals surface area contributed by atoms with Crippen molar-refractivity contribution in [2.24, 2.45) is 0 Å². The Morgan fingerprint density at radius 3 is 2.69 bits per heavy atom. The standard InChI is InChI=1S/C21H23ClN2O.ClH/c1-21(2)14-24(3)13-16-12-17(9-10-18(16)21)23-20(25)11-8-15-6-4-5-7-19(15)22;/h4-12H,13-14H2,1-3H3,(H,23,25);1H/b11-8+;. The number of nitrogens with zero attached hydrogens (tertiary/aromatic N) is 1. The number of carbonyl (C=O) groups excluding carboxylic acids is 1. The van der Waals surface area contributed by atoms with Crippen LogP contribution in [-0.4, -0.2) is 24.4 Å². The van der Waals surface area contributed by atoms with Gasteiger partial charge in [-0.15, -0.1) is 12.4 Å². The molecule has 0 unspecified atom stereocenters. The summed E-state index contributed by atoms with van der Waals surface area (Å²) in [6, 6.07) is 13.6. The lowest BCUT2D eigenvalue weighted by molar-refractivity contribution is -0.111. The lowest BCUT2D eigenvalue weighted by Crippen LogP contribution is -2.39. The molecule has 1 aliphatic heterocycles. The summed E-state index contributed by atoms with van der Waals surface area (Å²) >= 11 is 6.10. The van der Waals surface area contributed by atoms with Crippen LogP contribution in [-0.2, 0) is 16.8 Å². The number of fused-ring (bicyclic) bond motifs is 1. The number of likely N-dealkylation sites (N-methyl/N-ethyl adjacent to an activating group) is 1. The fourth-order valence-electron chi connectivity index (χ4n) is 3.53. The topological polar surface area (TPSA) is 32.3 Å². The maximum Gasteiger partial charge on any atom is 0.248 e. The molecule has 1 N–H and O–H groups in total. The van der Waals surface area contributed by atoms with E-state index in [1.54, 1.807) is 12.1 Å². The van der Waals surface area contributed by atoms with Crippen molar-refractivity contribution in [3.8, 4) is 0 Å². The van der Waals surface area contributed by atoms with Crippen LogP contribution in [0.5, 0.6) is 0 Å². The van der Waals surface area contributed by atoms with E-state index >= 15 is 0 Å². The highest BCUT2D eigenvalue weighted by Gasteiger charge is 2.30. The Morgan fingerprint density at radius 1 is 1.23 bits per heavy atom. The number of anilines is 1. The summed E-state index contributed by atoms with van der Waals surface area (Å²) in [5.74, 6) is -0.164. The maximum absolute atomic E-state index is 12.2. The minimum absolute atomic E-state index is 0. The summed E-state index contributed by atoms with van der Waals surface area (Å²) in [5, 5.41) is 3.57. The van der Waals surface area contributed by atoms with Gasteiger partial charge < -0.3 is 10.2 Å². The van der Waals surface area contributed by atoms with E-state index in [9.17, 15) is 4.79 Å². The van der Waals surface area contributed by atoms with Crippen LogP contribution in [0.25, 0.3) is 6.08 Å². The summed E-state index contributed by atoms with van der Waals surface area (Å²) in [4.78, 5) is 14.5. The highest BCUT2D eigenvalue weighted by Crippen LogP contribution is 2.34. The molecular weight excluding hydrogens is 367 g/mol. The van der Waals surface area contributed by atoms with E-state index in [1.165, 1.54) is 17.2 Å². The molecule has 2 aromatic carbocycles. The van der Waals surface area contributed by atoms with Crippen LogP contribution in [0.15, 0.2) is 48.5 Å². The van der Waals surface area contributed by atoms with E-state index in [-0.39, 0.29) is 23.7 Å². The Hall–Kier alpha value is -1.81.